The minimum absolute atomic E-state index is 0.124. The Balaban J connectivity index is 2.56. The molecule has 0 spiro atoms. The summed E-state index contributed by atoms with van der Waals surface area (Å²) in [4.78, 5) is 0.922. The number of hydrogen-bond acceptors (Lipinski definition) is 3. The molecule has 1 aromatic carbocycles. The second-order valence-electron chi connectivity index (χ2n) is 2.89. The van der Waals surface area contributed by atoms with Gasteiger partial charge < -0.3 is 10.2 Å². The summed E-state index contributed by atoms with van der Waals surface area (Å²) >= 11 is 1.65. The normalized spacial score (nSPS) is 10.2. The molecule has 0 heterocycles. The van der Waals surface area contributed by atoms with Crippen LogP contribution in [0.3, 0.4) is 0 Å². The van der Waals surface area contributed by atoms with Crippen LogP contribution in [-0.4, -0.2) is 16.0 Å². The Morgan fingerprint density at radius 2 is 1.77 bits per heavy atom. The molecule has 0 bridgehead atoms. The first kappa shape index (κ1) is 10.3. The zero-order valence-electron chi connectivity index (χ0n) is 7.66. The molecule has 0 atom stereocenters. The van der Waals surface area contributed by atoms with Crippen molar-refractivity contribution in [2.75, 3.05) is 5.75 Å². The van der Waals surface area contributed by atoms with Gasteiger partial charge in [0.2, 0.25) is 0 Å². The number of hydrogen-bond donors (Lipinski definition) is 2. The molecule has 0 aliphatic heterocycles. The van der Waals surface area contributed by atoms with Crippen molar-refractivity contribution in [1.29, 1.82) is 0 Å². The quantitative estimate of drug-likeness (QED) is 0.577. The molecule has 72 valence electrons. The molecule has 0 unspecified atom stereocenters. The van der Waals surface area contributed by atoms with E-state index in [1.165, 1.54) is 6.07 Å². The van der Waals surface area contributed by atoms with Crippen molar-refractivity contribution in [2.45, 2.75) is 24.7 Å². The third kappa shape index (κ3) is 3.59. The summed E-state index contributed by atoms with van der Waals surface area (Å²) in [5.41, 5.74) is 0. The van der Waals surface area contributed by atoms with Gasteiger partial charge in [-0.25, -0.2) is 0 Å². The van der Waals surface area contributed by atoms with E-state index in [2.05, 4.69) is 6.92 Å². The Morgan fingerprint density at radius 1 is 1.15 bits per heavy atom. The average Bonchev–Trinajstić information content (AvgIpc) is 2.03. The lowest BCUT2D eigenvalue weighted by molar-refractivity contribution is 0.448. The maximum Gasteiger partial charge on any atom is 0.120 e. The van der Waals surface area contributed by atoms with Crippen LogP contribution in [-0.2, 0) is 0 Å². The largest absolute Gasteiger partial charge is 0.508 e. The summed E-state index contributed by atoms with van der Waals surface area (Å²) in [5, 5.41) is 18.4. The van der Waals surface area contributed by atoms with Gasteiger partial charge in [-0.2, -0.15) is 0 Å². The van der Waals surface area contributed by atoms with Gasteiger partial charge in [-0.1, -0.05) is 13.3 Å². The molecular formula is C10H14O2S. The third-order valence-corrected chi connectivity index (χ3v) is 2.70. The Labute approximate surface area is 82.6 Å². The van der Waals surface area contributed by atoms with Gasteiger partial charge in [0.15, 0.2) is 0 Å². The van der Waals surface area contributed by atoms with E-state index in [9.17, 15) is 10.2 Å². The fourth-order valence-electron chi connectivity index (χ4n) is 0.986. The summed E-state index contributed by atoms with van der Waals surface area (Å²) in [6, 6.07) is 4.67. The summed E-state index contributed by atoms with van der Waals surface area (Å²) in [6.45, 7) is 2.14. The van der Waals surface area contributed by atoms with Crippen LogP contribution >= 0.6 is 11.8 Å². The van der Waals surface area contributed by atoms with Crippen molar-refractivity contribution in [3.63, 3.8) is 0 Å². The Hall–Kier alpha value is -0.830. The summed E-state index contributed by atoms with van der Waals surface area (Å²) in [5.74, 6) is 1.28. The van der Waals surface area contributed by atoms with E-state index in [0.29, 0.717) is 0 Å². The van der Waals surface area contributed by atoms with Gasteiger partial charge in [0.05, 0.1) is 0 Å². The smallest absolute Gasteiger partial charge is 0.120 e. The minimum Gasteiger partial charge on any atom is -0.508 e. The molecule has 0 saturated carbocycles. The van der Waals surface area contributed by atoms with Gasteiger partial charge in [0.1, 0.15) is 11.5 Å². The highest BCUT2D eigenvalue weighted by Crippen LogP contribution is 2.28. The standard InChI is InChI=1S/C10H14O2S/c1-2-3-4-13-10-6-8(11)5-9(12)7-10/h5-7,11-12H,2-4H2,1H3. The van der Waals surface area contributed by atoms with Crippen molar-refractivity contribution in [2.24, 2.45) is 0 Å². The summed E-state index contributed by atoms with van der Waals surface area (Å²) in [6.07, 6.45) is 2.32. The van der Waals surface area contributed by atoms with Crippen molar-refractivity contribution < 1.29 is 10.2 Å². The molecule has 0 aliphatic rings. The zero-order chi connectivity index (χ0) is 9.68. The number of aromatic hydroxyl groups is 2. The minimum atomic E-state index is 0.124. The molecule has 0 fully saturated rings. The lowest BCUT2D eigenvalue weighted by atomic mass is 10.3. The van der Waals surface area contributed by atoms with Crippen LogP contribution < -0.4 is 0 Å². The number of phenolic OH excluding ortho intramolecular Hbond substituents is 2. The molecule has 1 rings (SSSR count). The van der Waals surface area contributed by atoms with E-state index in [1.54, 1.807) is 23.9 Å². The molecule has 0 radical (unpaired) electrons. The van der Waals surface area contributed by atoms with E-state index in [0.717, 1.165) is 23.5 Å². The SMILES string of the molecule is CCCCSc1cc(O)cc(O)c1. The van der Waals surface area contributed by atoms with E-state index < -0.39 is 0 Å². The topological polar surface area (TPSA) is 40.5 Å². The molecule has 0 saturated heterocycles. The van der Waals surface area contributed by atoms with Crippen LogP contribution in [0.15, 0.2) is 23.1 Å². The molecule has 0 aromatic heterocycles. The highest BCUT2D eigenvalue weighted by molar-refractivity contribution is 7.99. The number of thioether (sulfide) groups is 1. The lowest BCUT2D eigenvalue weighted by Crippen LogP contribution is -1.78. The Bertz CT molecular complexity index is 253. The van der Waals surface area contributed by atoms with Crippen LogP contribution in [0.1, 0.15) is 19.8 Å². The second kappa shape index (κ2) is 5.02. The molecule has 3 heteroatoms. The Kier molecular flexibility index (Phi) is 3.96. The predicted octanol–water partition coefficient (Wildman–Crippen LogP) is 2.99. The maximum atomic E-state index is 9.18. The van der Waals surface area contributed by atoms with Crippen LogP contribution in [0.2, 0.25) is 0 Å². The molecule has 1 aromatic rings. The van der Waals surface area contributed by atoms with Gasteiger partial charge in [-0.3, -0.25) is 0 Å². The molecular weight excluding hydrogens is 184 g/mol. The summed E-state index contributed by atoms with van der Waals surface area (Å²) < 4.78 is 0. The first-order valence-electron chi connectivity index (χ1n) is 4.38. The first-order chi connectivity index (χ1) is 6.22. The van der Waals surface area contributed by atoms with Gasteiger partial charge in [-0.05, 0) is 24.3 Å². The fraction of sp³-hybridized carbons (Fsp3) is 0.400. The van der Waals surface area contributed by atoms with Gasteiger partial charge in [-0.15, -0.1) is 11.8 Å². The molecule has 0 amide bonds. The maximum absolute atomic E-state index is 9.18. The highest BCUT2D eigenvalue weighted by atomic mass is 32.2. The summed E-state index contributed by atoms with van der Waals surface area (Å²) in [7, 11) is 0. The van der Waals surface area contributed by atoms with E-state index in [1.807, 2.05) is 0 Å². The average molecular weight is 198 g/mol. The highest BCUT2D eigenvalue weighted by Gasteiger charge is 1.98. The number of unbranched alkanes of at least 4 members (excludes halogenated alkanes) is 1. The Morgan fingerprint density at radius 3 is 2.31 bits per heavy atom. The second-order valence-corrected chi connectivity index (χ2v) is 4.06. The van der Waals surface area contributed by atoms with E-state index in [-0.39, 0.29) is 11.5 Å². The van der Waals surface area contributed by atoms with E-state index >= 15 is 0 Å². The van der Waals surface area contributed by atoms with Crippen molar-refractivity contribution in [3.05, 3.63) is 18.2 Å². The molecule has 0 aliphatic carbocycles. The van der Waals surface area contributed by atoms with Crippen LogP contribution in [0.25, 0.3) is 0 Å². The van der Waals surface area contributed by atoms with Crippen molar-refractivity contribution in [1.82, 2.24) is 0 Å². The van der Waals surface area contributed by atoms with Crippen LogP contribution in [0.5, 0.6) is 11.5 Å². The van der Waals surface area contributed by atoms with Crippen LogP contribution in [0.4, 0.5) is 0 Å². The van der Waals surface area contributed by atoms with Gasteiger partial charge >= 0.3 is 0 Å². The number of benzene rings is 1. The monoisotopic (exact) mass is 198 g/mol. The zero-order valence-corrected chi connectivity index (χ0v) is 8.47. The van der Waals surface area contributed by atoms with Gasteiger partial charge in [0.25, 0.3) is 0 Å². The number of rotatable bonds is 4. The van der Waals surface area contributed by atoms with Crippen LogP contribution in [0, 0.1) is 0 Å². The molecule has 13 heavy (non-hydrogen) atoms. The molecule has 2 nitrogen and oxygen atoms in total. The predicted molar refractivity (Wildman–Crippen MR) is 55.4 cm³/mol. The van der Waals surface area contributed by atoms with Crippen molar-refractivity contribution >= 4 is 11.8 Å². The van der Waals surface area contributed by atoms with E-state index in [4.69, 9.17) is 0 Å². The third-order valence-electron chi connectivity index (χ3n) is 1.64. The first-order valence-corrected chi connectivity index (χ1v) is 5.36. The van der Waals surface area contributed by atoms with Crippen molar-refractivity contribution in [3.8, 4) is 11.5 Å². The number of phenols is 2. The van der Waals surface area contributed by atoms with Gasteiger partial charge in [0, 0.05) is 11.0 Å². The molecule has 2 N–H and O–H groups in total. The lowest BCUT2D eigenvalue weighted by Gasteiger charge is -2.02. The fourth-order valence-corrected chi connectivity index (χ4v) is 2.06.